The first-order valence-electron chi connectivity index (χ1n) is 10.5. The first kappa shape index (κ1) is 19.0. The van der Waals surface area contributed by atoms with E-state index in [1.807, 2.05) is 0 Å². The van der Waals surface area contributed by atoms with Crippen molar-refractivity contribution in [2.24, 2.45) is 0 Å². The summed E-state index contributed by atoms with van der Waals surface area (Å²) in [4.78, 5) is 10.2. The topological polar surface area (TPSA) is 13.0 Å². The lowest BCUT2D eigenvalue weighted by Crippen LogP contribution is -2.54. The third-order valence-electron chi connectivity index (χ3n) is 6.19. The maximum Gasteiger partial charge on any atom is 0.0912 e. The molecule has 2 aromatic rings. The molecule has 0 bridgehead atoms. The van der Waals surface area contributed by atoms with Crippen molar-refractivity contribution >= 4 is 22.7 Å². The molecule has 0 saturated heterocycles. The van der Waals surface area contributed by atoms with Gasteiger partial charge in [-0.1, -0.05) is 24.3 Å². The van der Waals surface area contributed by atoms with E-state index in [-0.39, 0.29) is 5.54 Å². The van der Waals surface area contributed by atoms with Crippen LogP contribution >= 0.6 is 0 Å². The molecule has 2 aromatic carbocycles. The van der Waals surface area contributed by atoms with Gasteiger partial charge >= 0.3 is 0 Å². The molecule has 2 aliphatic heterocycles. The summed E-state index contributed by atoms with van der Waals surface area (Å²) in [5, 5.41) is 0. The summed E-state index contributed by atoms with van der Waals surface area (Å²) in [5.74, 6) is 0. The Labute approximate surface area is 170 Å². The fourth-order valence-corrected chi connectivity index (χ4v) is 4.64. The number of nitrogens with zero attached hydrogens (tertiary/aromatic N) is 4. The SMILES string of the molecule is CC(C)N1CN(CC(C)(C)N2CN(C(C)C)c3ccccc32)c2ccccc21. The zero-order chi connectivity index (χ0) is 20.1. The van der Waals surface area contributed by atoms with Crippen LogP contribution in [-0.4, -0.2) is 37.5 Å². The number of fused-ring (bicyclic) bond motifs is 2. The highest BCUT2D eigenvalue weighted by molar-refractivity contribution is 5.79. The maximum atomic E-state index is 2.59. The van der Waals surface area contributed by atoms with E-state index < -0.39 is 0 Å². The van der Waals surface area contributed by atoms with Crippen molar-refractivity contribution in [2.45, 2.75) is 59.2 Å². The minimum atomic E-state index is 0.0137. The Bertz CT molecular complexity index is 842. The van der Waals surface area contributed by atoms with E-state index in [0.29, 0.717) is 12.1 Å². The van der Waals surface area contributed by atoms with Gasteiger partial charge in [0.1, 0.15) is 0 Å². The minimum absolute atomic E-state index is 0.0137. The molecule has 4 heteroatoms. The van der Waals surface area contributed by atoms with Crippen LogP contribution in [0.4, 0.5) is 22.7 Å². The van der Waals surface area contributed by atoms with Crippen LogP contribution in [0.5, 0.6) is 0 Å². The second-order valence-corrected chi connectivity index (χ2v) is 9.33. The molecule has 0 aliphatic carbocycles. The van der Waals surface area contributed by atoms with Gasteiger partial charge in [0.15, 0.2) is 0 Å². The standard InChI is InChI=1S/C24H34N4/c1-18(2)26-16-25(20-11-7-8-12-21(20)26)15-24(5,6)28-17-27(19(3)4)22-13-9-10-14-23(22)28/h7-14,18-19H,15-17H2,1-6H3. The van der Waals surface area contributed by atoms with Crippen molar-refractivity contribution < 1.29 is 0 Å². The van der Waals surface area contributed by atoms with Crippen molar-refractivity contribution in [2.75, 3.05) is 39.5 Å². The fraction of sp³-hybridized carbons (Fsp3) is 0.500. The highest BCUT2D eigenvalue weighted by Gasteiger charge is 2.39. The van der Waals surface area contributed by atoms with Crippen LogP contribution in [0, 0.1) is 0 Å². The molecule has 0 atom stereocenters. The van der Waals surface area contributed by atoms with Crippen molar-refractivity contribution in [3.8, 4) is 0 Å². The molecule has 0 saturated carbocycles. The van der Waals surface area contributed by atoms with Gasteiger partial charge in [0.05, 0.1) is 41.6 Å². The van der Waals surface area contributed by atoms with Gasteiger partial charge in [0.2, 0.25) is 0 Å². The monoisotopic (exact) mass is 378 g/mol. The van der Waals surface area contributed by atoms with Crippen molar-refractivity contribution in [1.29, 1.82) is 0 Å². The maximum absolute atomic E-state index is 2.59. The Morgan fingerprint density at radius 2 is 1.18 bits per heavy atom. The van der Waals surface area contributed by atoms with Gasteiger partial charge in [-0.3, -0.25) is 0 Å². The predicted molar refractivity (Wildman–Crippen MR) is 122 cm³/mol. The van der Waals surface area contributed by atoms with E-state index in [1.165, 1.54) is 22.7 Å². The Morgan fingerprint density at radius 3 is 1.75 bits per heavy atom. The molecule has 0 spiro atoms. The summed E-state index contributed by atoms with van der Waals surface area (Å²) < 4.78 is 0. The number of anilines is 4. The number of hydrogen-bond acceptors (Lipinski definition) is 4. The van der Waals surface area contributed by atoms with Crippen LogP contribution in [0.2, 0.25) is 0 Å². The zero-order valence-corrected chi connectivity index (χ0v) is 18.2. The van der Waals surface area contributed by atoms with Crippen molar-refractivity contribution in [1.82, 2.24) is 0 Å². The van der Waals surface area contributed by atoms with Crippen molar-refractivity contribution in [3.05, 3.63) is 48.5 Å². The number of benzene rings is 2. The van der Waals surface area contributed by atoms with E-state index in [4.69, 9.17) is 0 Å². The van der Waals surface area contributed by atoms with E-state index in [0.717, 1.165) is 19.9 Å². The molecule has 2 aliphatic rings. The summed E-state index contributed by atoms with van der Waals surface area (Å²) in [6.45, 7) is 16.8. The Balaban J connectivity index is 1.62. The molecule has 0 aromatic heterocycles. The average Bonchev–Trinajstić information content (AvgIpc) is 3.21. The minimum Gasteiger partial charge on any atom is -0.350 e. The van der Waals surface area contributed by atoms with Gasteiger partial charge in [0.25, 0.3) is 0 Å². The molecule has 150 valence electrons. The van der Waals surface area contributed by atoms with Gasteiger partial charge in [0, 0.05) is 18.6 Å². The van der Waals surface area contributed by atoms with Crippen LogP contribution in [-0.2, 0) is 0 Å². The summed E-state index contributed by atoms with van der Waals surface area (Å²) in [6, 6.07) is 18.7. The highest BCUT2D eigenvalue weighted by atomic mass is 15.4. The van der Waals surface area contributed by atoms with Crippen LogP contribution < -0.4 is 19.6 Å². The summed E-state index contributed by atoms with van der Waals surface area (Å²) in [6.07, 6.45) is 0. The Kier molecular flexibility index (Phi) is 4.68. The molecule has 4 nitrogen and oxygen atoms in total. The molecular formula is C24H34N4. The molecule has 4 rings (SSSR count). The Morgan fingerprint density at radius 1 is 0.714 bits per heavy atom. The van der Waals surface area contributed by atoms with Gasteiger partial charge in [-0.25, -0.2) is 0 Å². The second kappa shape index (κ2) is 6.91. The molecule has 0 fully saturated rings. The van der Waals surface area contributed by atoms with E-state index in [9.17, 15) is 0 Å². The predicted octanol–water partition coefficient (Wildman–Crippen LogP) is 5.15. The van der Waals surface area contributed by atoms with Crippen molar-refractivity contribution in [3.63, 3.8) is 0 Å². The van der Waals surface area contributed by atoms with Crippen LogP contribution in [0.25, 0.3) is 0 Å². The lowest BCUT2D eigenvalue weighted by molar-refractivity contribution is 0.455. The lowest BCUT2D eigenvalue weighted by atomic mass is 10.0. The van der Waals surface area contributed by atoms with E-state index in [2.05, 4.69) is 110 Å². The van der Waals surface area contributed by atoms with Gasteiger partial charge in [-0.05, 0) is 65.8 Å². The molecule has 0 N–H and O–H groups in total. The van der Waals surface area contributed by atoms with Crippen LogP contribution in [0.15, 0.2) is 48.5 Å². The van der Waals surface area contributed by atoms with Gasteiger partial charge in [-0.15, -0.1) is 0 Å². The molecular weight excluding hydrogens is 344 g/mol. The number of para-hydroxylation sites is 4. The average molecular weight is 379 g/mol. The van der Waals surface area contributed by atoms with E-state index in [1.54, 1.807) is 0 Å². The first-order valence-corrected chi connectivity index (χ1v) is 10.5. The Hall–Kier alpha value is -2.36. The normalized spacial score (nSPS) is 16.4. The largest absolute Gasteiger partial charge is 0.350 e. The molecule has 0 unspecified atom stereocenters. The van der Waals surface area contributed by atoms with Gasteiger partial charge < -0.3 is 19.6 Å². The third-order valence-corrected chi connectivity index (χ3v) is 6.19. The lowest BCUT2D eigenvalue weighted by Gasteiger charge is -2.41. The quantitative estimate of drug-likeness (QED) is 0.713. The van der Waals surface area contributed by atoms with Gasteiger partial charge in [-0.2, -0.15) is 0 Å². The number of rotatable bonds is 5. The molecule has 0 radical (unpaired) electrons. The first-order chi connectivity index (χ1) is 13.3. The second-order valence-electron chi connectivity index (χ2n) is 9.33. The summed E-state index contributed by atoms with van der Waals surface area (Å²) in [7, 11) is 0. The van der Waals surface area contributed by atoms with E-state index >= 15 is 0 Å². The summed E-state index contributed by atoms with van der Waals surface area (Å²) >= 11 is 0. The smallest absolute Gasteiger partial charge is 0.0912 e. The molecule has 0 amide bonds. The van der Waals surface area contributed by atoms with Crippen LogP contribution in [0.1, 0.15) is 41.5 Å². The zero-order valence-electron chi connectivity index (χ0n) is 18.2. The van der Waals surface area contributed by atoms with Crippen LogP contribution in [0.3, 0.4) is 0 Å². The molecule has 2 heterocycles. The third kappa shape index (κ3) is 3.09. The fourth-order valence-electron chi connectivity index (χ4n) is 4.64. The summed E-state index contributed by atoms with van der Waals surface area (Å²) in [5.41, 5.74) is 5.45. The highest BCUT2D eigenvalue weighted by Crippen LogP contribution is 2.43. The molecule has 28 heavy (non-hydrogen) atoms. The number of hydrogen-bond donors (Lipinski definition) is 0.